The number of aliphatic hydroxyl groups is 2. The summed E-state index contributed by atoms with van der Waals surface area (Å²) in [7, 11) is 0. The summed E-state index contributed by atoms with van der Waals surface area (Å²) in [5.74, 6) is 2.11. The first-order valence-corrected chi connectivity index (χ1v) is 8.65. The molecule has 0 bridgehead atoms. The molecule has 3 aliphatic rings. The highest BCUT2D eigenvalue weighted by molar-refractivity contribution is 5.40. The van der Waals surface area contributed by atoms with Gasteiger partial charge in [-0.3, -0.25) is 0 Å². The second-order valence-electron chi connectivity index (χ2n) is 7.97. The Morgan fingerprint density at radius 3 is 2.86 bits per heavy atom. The molecule has 1 aromatic carbocycles. The zero-order chi connectivity index (χ0) is 15.5. The Bertz CT molecular complexity index is 584. The second-order valence-corrected chi connectivity index (χ2v) is 7.97. The van der Waals surface area contributed by atoms with E-state index in [-0.39, 0.29) is 24.0 Å². The smallest absolute Gasteiger partial charge is 0.115 e. The van der Waals surface area contributed by atoms with E-state index in [0.717, 1.165) is 32.1 Å². The van der Waals surface area contributed by atoms with Gasteiger partial charge in [-0.2, -0.15) is 0 Å². The third-order valence-corrected chi connectivity index (χ3v) is 7.06. The van der Waals surface area contributed by atoms with E-state index in [1.165, 1.54) is 11.1 Å². The van der Waals surface area contributed by atoms with Gasteiger partial charge in [0.15, 0.2) is 0 Å². The molecule has 3 nitrogen and oxygen atoms in total. The number of aliphatic hydroxyl groups excluding tert-OH is 2. The van der Waals surface area contributed by atoms with Crippen LogP contribution in [0.15, 0.2) is 18.2 Å². The fraction of sp³-hybridized carbons (Fsp3) is 0.684. The van der Waals surface area contributed by atoms with Crippen molar-refractivity contribution in [2.24, 2.45) is 23.2 Å². The molecule has 6 atom stereocenters. The quantitative estimate of drug-likeness (QED) is 0.747. The minimum absolute atomic E-state index is 0.0248. The van der Waals surface area contributed by atoms with Gasteiger partial charge in [0.05, 0.1) is 6.10 Å². The lowest BCUT2D eigenvalue weighted by Gasteiger charge is -2.50. The van der Waals surface area contributed by atoms with Crippen LogP contribution in [0, 0.1) is 23.2 Å². The van der Waals surface area contributed by atoms with Crippen molar-refractivity contribution in [3.8, 4) is 5.75 Å². The van der Waals surface area contributed by atoms with E-state index in [9.17, 15) is 15.3 Å². The van der Waals surface area contributed by atoms with Gasteiger partial charge in [-0.05, 0) is 78.5 Å². The van der Waals surface area contributed by atoms with Crippen LogP contribution in [-0.4, -0.2) is 28.0 Å². The lowest BCUT2D eigenvalue weighted by Crippen LogP contribution is -2.44. The van der Waals surface area contributed by atoms with E-state index in [1.54, 1.807) is 0 Å². The molecule has 22 heavy (non-hydrogen) atoms. The first-order chi connectivity index (χ1) is 10.5. The Hall–Kier alpha value is -1.06. The predicted octanol–water partition coefficient (Wildman–Crippen LogP) is 2.83. The van der Waals surface area contributed by atoms with Gasteiger partial charge in [-0.25, -0.2) is 0 Å². The summed E-state index contributed by atoms with van der Waals surface area (Å²) >= 11 is 0. The number of phenolic OH excluding ortho intramolecular Hbond substituents is 1. The number of hydrogen-bond acceptors (Lipinski definition) is 3. The van der Waals surface area contributed by atoms with E-state index in [4.69, 9.17) is 0 Å². The highest BCUT2D eigenvalue weighted by Crippen LogP contribution is 2.62. The van der Waals surface area contributed by atoms with Gasteiger partial charge in [0.1, 0.15) is 5.75 Å². The maximum Gasteiger partial charge on any atom is 0.115 e. The Balaban J connectivity index is 1.69. The van der Waals surface area contributed by atoms with Crippen LogP contribution >= 0.6 is 0 Å². The van der Waals surface area contributed by atoms with E-state index in [0.29, 0.717) is 23.5 Å². The first kappa shape index (κ1) is 14.5. The largest absolute Gasteiger partial charge is 0.508 e. The van der Waals surface area contributed by atoms with Gasteiger partial charge in [0, 0.05) is 12.5 Å². The molecule has 3 N–H and O–H groups in total. The number of aromatic hydroxyl groups is 1. The number of phenols is 1. The number of aryl methyl sites for hydroxylation is 1. The summed E-state index contributed by atoms with van der Waals surface area (Å²) in [5.41, 5.74) is 2.70. The Morgan fingerprint density at radius 1 is 1.27 bits per heavy atom. The average molecular weight is 302 g/mol. The molecule has 4 rings (SSSR count). The lowest BCUT2D eigenvalue weighted by molar-refractivity contribution is -0.0379. The van der Waals surface area contributed by atoms with Crippen LogP contribution in [0.5, 0.6) is 5.75 Å². The molecule has 0 spiro atoms. The Kier molecular flexibility index (Phi) is 3.28. The third kappa shape index (κ3) is 1.88. The van der Waals surface area contributed by atoms with Crippen molar-refractivity contribution in [1.29, 1.82) is 0 Å². The standard InChI is InChI=1S/C19H26O3/c1-19-7-6-15-14-5-3-13(21)8-11(14)2-4-16(15)17(19)9-12(10-20)18(19)22/h3,5,8,12,15-18,20-22H,2,4,6-7,9-10H2,1H3/t12-,15-,16-,17+,18+,19+/m1/s1. The molecular weight excluding hydrogens is 276 g/mol. The van der Waals surface area contributed by atoms with Crippen molar-refractivity contribution in [3.05, 3.63) is 29.3 Å². The second kappa shape index (κ2) is 4.97. The molecular formula is C19H26O3. The molecule has 1 aromatic rings. The molecule has 0 unspecified atom stereocenters. The van der Waals surface area contributed by atoms with E-state index < -0.39 is 0 Å². The zero-order valence-corrected chi connectivity index (χ0v) is 13.2. The van der Waals surface area contributed by atoms with E-state index >= 15 is 0 Å². The summed E-state index contributed by atoms with van der Waals surface area (Å²) in [6.07, 6.45) is 4.93. The van der Waals surface area contributed by atoms with Crippen molar-refractivity contribution in [1.82, 2.24) is 0 Å². The lowest BCUT2D eigenvalue weighted by atomic mass is 9.55. The molecule has 2 saturated carbocycles. The molecule has 3 heteroatoms. The Morgan fingerprint density at radius 2 is 2.09 bits per heavy atom. The van der Waals surface area contributed by atoms with Gasteiger partial charge in [0.25, 0.3) is 0 Å². The molecule has 0 heterocycles. The third-order valence-electron chi connectivity index (χ3n) is 7.06. The van der Waals surface area contributed by atoms with Crippen LogP contribution in [0.3, 0.4) is 0 Å². The van der Waals surface area contributed by atoms with Crippen molar-refractivity contribution >= 4 is 0 Å². The van der Waals surface area contributed by atoms with Crippen molar-refractivity contribution in [3.63, 3.8) is 0 Å². The molecule has 3 aliphatic carbocycles. The zero-order valence-electron chi connectivity index (χ0n) is 13.2. The SMILES string of the molecule is C[C@]12CC[C@@H]3c4ccc(O)cc4CC[C@H]3[C@@H]1C[C@H](CO)[C@@H]2O. The Labute approximate surface area is 132 Å². The van der Waals surface area contributed by atoms with Crippen LogP contribution in [0.25, 0.3) is 0 Å². The van der Waals surface area contributed by atoms with Crippen LogP contribution in [0.2, 0.25) is 0 Å². The first-order valence-electron chi connectivity index (χ1n) is 8.65. The molecule has 0 aromatic heterocycles. The molecule has 0 radical (unpaired) electrons. The fourth-order valence-corrected chi connectivity index (χ4v) is 5.90. The minimum Gasteiger partial charge on any atom is -0.508 e. The van der Waals surface area contributed by atoms with Crippen molar-refractivity contribution in [2.75, 3.05) is 6.61 Å². The van der Waals surface area contributed by atoms with E-state index in [2.05, 4.69) is 13.0 Å². The molecule has 0 aliphatic heterocycles. The summed E-state index contributed by atoms with van der Waals surface area (Å²) in [4.78, 5) is 0. The van der Waals surface area contributed by atoms with Crippen LogP contribution in [-0.2, 0) is 6.42 Å². The van der Waals surface area contributed by atoms with E-state index in [1.807, 2.05) is 12.1 Å². The average Bonchev–Trinajstić information content (AvgIpc) is 2.78. The normalized spacial score (nSPS) is 43.3. The molecule has 0 amide bonds. The van der Waals surface area contributed by atoms with Crippen molar-refractivity contribution < 1.29 is 15.3 Å². The molecule has 0 saturated heterocycles. The number of hydrogen-bond donors (Lipinski definition) is 3. The summed E-state index contributed by atoms with van der Waals surface area (Å²) < 4.78 is 0. The predicted molar refractivity (Wildman–Crippen MR) is 84.7 cm³/mol. The van der Waals surface area contributed by atoms with Gasteiger partial charge in [-0.1, -0.05) is 13.0 Å². The van der Waals surface area contributed by atoms with Crippen LogP contribution < -0.4 is 0 Å². The fourth-order valence-electron chi connectivity index (χ4n) is 5.90. The number of rotatable bonds is 1. The maximum absolute atomic E-state index is 10.7. The van der Waals surface area contributed by atoms with Crippen molar-refractivity contribution in [2.45, 2.75) is 51.0 Å². The molecule has 2 fully saturated rings. The van der Waals surface area contributed by atoms with Gasteiger partial charge in [-0.15, -0.1) is 0 Å². The minimum atomic E-state index is -0.357. The summed E-state index contributed by atoms with van der Waals surface area (Å²) in [5, 5.41) is 30.0. The molecule has 120 valence electrons. The van der Waals surface area contributed by atoms with Crippen LogP contribution in [0.1, 0.15) is 49.7 Å². The number of benzene rings is 1. The monoisotopic (exact) mass is 302 g/mol. The van der Waals surface area contributed by atoms with Gasteiger partial charge >= 0.3 is 0 Å². The summed E-state index contributed by atoms with van der Waals surface area (Å²) in [6, 6.07) is 5.85. The summed E-state index contributed by atoms with van der Waals surface area (Å²) in [6.45, 7) is 2.34. The highest BCUT2D eigenvalue weighted by atomic mass is 16.3. The van der Waals surface area contributed by atoms with Crippen LogP contribution in [0.4, 0.5) is 0 Å². The highest BCUT2D eigenvalue weighted by Gasteiger charge is 2.57. The number of fused-ring (bicyclic) bond motifs is 5. The van der Waals surface area contributed by atoms with Gasteiger partial charge in [0.2, 0.25) is 0 Å². The maximum atomic E-state index is 10.7. The van der Waals surface area contributed by atoms with Gasteiger partial charge < -0.3 is 15.3 Å². The topological polar surface area (TPSA) is 60.7 Å².